The molecular weight excluding hydrogens is 240 g/mol. The molecule has 0 bridgehead atoms. The van der Waals surface area contributed by atoms with Crippen molar-refractivity contribution in [3.05, 3.63) is 29.3 Å². The Morgan fingerprint density at radius 2 is 2.06 bits per heavy atom. The van der Waals surface area contributed by atoms with Gasteiger partial charge in [0.15, 0.2) is 5.17 Å². The molecule has 1 aliphatic heterocycles. The molecule has 1 saturated carbocycles. The number of aryl methyl sites for hydroxylation is 2. The van der Waals surface area contributed by atoms with Crippen LogP contribution in [0.1, 0.15) is 30.4 Å². The van der Waals surface area contributed by atoms with Crippen molar-refractivity contribution in [2.75, 3.05) is 11.9 Å². The number of nitrogens with zero attached hydrogens (tertiary/aromatic N) is 1. The second-order valence-corrected chi connectivity index (χ2v) is 6.83. The molecule has 0 radical (unpaired) electrons. The third kappa shape index (κ3) is 2.05. The number of thioether (sulfide) groups is 1. The van der Waals surface area contributed by atoms with Gasteiger partial charge in [0.05, 0.1) is 6.54 Å². The monoisotopic (exact) mass is 258 g/mol. The molecule has 1 aromatic carbocycles. The number of fused-ring (bicyclic) bond motifs is 1. The zero-order valence-electron chi connectivity index (χ0n) is 10.5. The molecule has 0 saturated heterocycles. The molecule has 94 valence electrons. The van der Waals surface area contributed by atoms with Gasteiger partial charge in [-0.05, 0) is 61.3 Å². The van der Waals surface area contributed by atoms with Crippen LogP contribution in [0.25, 0.3) is 0 Å². The van der Waals surface area contributed by atoms with Crippen LogP contribution in [0.4, 0.5) is 5.69 Å². The molecule has 0 spiro atoms. The number of aliphatic imine (C=N–C) groups is 1. The van der Waals surface area contributed by atoms with Crippen LogP contribution >= 0.6 is 11.8 Å². The van der Waals surface area contributed by atoms with Gasteiger partial charge in [0.25, 0.3) is 0 Å². The number of rotatable bonds is 2. The van der Waals surface area contributed by atoms with E-state index < -0.39 is 0 Å². The zero-order valence-corrected chi connectivity index (χ0v) is 11.3. The summed E-state index contributed by atoms with van der Waals surface area (Å²) in [4.78, 5) is 4.64. The van der Waals surface area contributed by atoms with Gasteiger partial charge in [-0.15, -0.1) is 0 Å². The van der Waals surface area contributed by atoms with Crippen LogP contribution in [0, 0.1) is 5.92 Å². The van der Waals surface area contributed by atoms with Crippen LogP contribution in [0.3, 0.4) is 0 Å². The van der Waals surface area contributed by atoms with E-state index in [2.05, 4.69) is 28.5 Å². The number of benzene rings is 1. The Bertz CT molecular complexity index is 505. The lowest BCUT2D eigenvalue weighted by atomic mass is 10.1. The summed E-state index contributed by atoms with van der Waals surface area (Å²) < 4.78 is 0. The van der Waals surface area contributed by atoms with Crippen LogP contribution in [0.5, 0.6) is 0 Å². The van der Waals surface area contributed by atoms with Crippen molar-refractivity contribution in [3.8, 4) is 0 Å². The smallest absolute Gasteiger partial charge is 0.161 e. The number of nitrogens with one attached hydrogen (secondary N) is 1. The Balaban J connectivity index is 1.45. The highest BCUT2D eigenvalue weighted by molar-refractivity contribution is 8.15. The van der Waals surface area contributed by atoms with Crippen molar-refractivity contribution in [1.82, 2.24) is 0 Å². The van der Waals surface area contributed by atoms with Crippen molar-refractivity contribution < 1.29 is 0 Å². The Labute approximate surface area is 112 Å². The molecule has 4 rings (SSSR count). The van der Waals surface area contributed by atoms with Crippen LogP contribution in [0.2, 0.25) is 0 Å². The summed E-state index contributed by atoms with van der Waals surface area (Å²) in [7, 11) is 0. The lowest BCUT2D eigenvalue weighted by Gasteiger charge is -2.09. The summed E-state index contributed by atoms with van der Waals surface area (Å²) in [6, 6.07) is 6.80. The highest BCUT2D eigenvalue weighted by atomic mass is 32.2. The second-order valence-electron chi connectivity index (χ2n) is 5.60. The summed E-state index contributed by atoms with van der Waals surface area (Å²) in [5.74, 6) is 0.943. The molecule has 18 heavy (non-hydrogen) atoms. The van der Waals surface area contributed by atoms with Crippen molar-refractivity contribution in [2.24, 2.45) is 10.9 Å². The van der Waals surface area contributed by atoms with E-state index in [0.717, 1.165) is 22.9 Å². The fourth-order valence-electron chi connectivity index (χ4n) is 2.95. The summed E-state index contributed by atoms with van der Waals surface area (Å²) in [5, 5.41) is 5.38. The third-order valence-corrected chi connectivity index (χ3v) is 5.47. The molecule has 1 atom stereocenters. The minimum Gasteiger partial charge on any atom is -0.335 e. The summed E-state index contributed by atoms with van der Waals surface area (Å²) in [6.45, 7) is 1.02. The van der Waals surface area contributed by atoms with Gasteiger partial charge in [-0.2, -0.15) is 0 Å². The van der Waals surface area contributed by atoms with E-state index in [1.807, 2.05) is 11.8 Å². The standard InChI is InChI=1S/C15H18N2S/c1-2-10-6-7-13(8-12(10)3-1)17-15-16-9-14(18-15)11-4-5-11/h6-8,11,14H,1-5,9H2,(H,16,17). The van der Waals surface area contributed by atoms with Crippen molar-refractivity contribution in [2.45, 2.75) is 37.4 Å². The maximum absolute atomic E-state index is 4.64. The number of anilines is 1. The Kier molecular flexibility index (Phi) is 2.61. The highest BCUT2D eigenvalue weighted by Gasteiger charge is 2.35. The molecule has 1 N–H and O–H groups in total. The van der Waals surface area contributed by atoms with Gasteiger partial charge in [0.1, 0.15) is 0 Å². The molecule has 1 fully saturated rings. The maximum Gasteiger partial charge on any atom is 0.161 e. The van der Waals surface area contributed by atoms with Gasteiger partial charge in [0.2, 0.25) is 0 Å². The predicted molar refractivity (Wildman–Crippen MR) is 78.5 cm³/mol. The van der Waals surface area contributed by atoms with E-state index in [-0.39, 0.29) is 0 Å². The first-order chi connectivity index (χ1) is 8.88. The van der Waals surface area contributed by atoms with Gasteiger partial charge >= 0.3 is 0 Å². The molecule has 3 heteroatoms. The van der Waals surface area contributed by atoms with Crippen LogP contribution in [-0.2, 0) is 12.8 Å². The van der Waals surface area contributed by atoms with Gasteiger partial charge in [-0.25, -0.2) is 0 Å². The number of hydrogen-bond acceptors (Lipinski definition) is 3. The van der Waals surface area contributed by atoms with Crippen LogP contribution in [-0.4, -0.2) is 17.0 Å². The average Bonchev–Trinajstić information content (AvgIpc) is 2.95. The van der Waals surface area contributed by atoms with E-state index in [1.54, 1.807) is 0 Å². The second kappa shape index (κ2) is 4.30. The molecule has 0 amide bonds. The maximum atomic E-state index is 4.64. The molecule has 0 aromatic heterocycles. The van der Waals surface area contributed by atoms with Gasteiger partial charge in [-0.3, -0.25) is 4.99 Å². The quantitative estimate of drug-likeness (QED) is 0.878. The largest absolute Gasteiger partial charge is 0.335 e. The average molecular weight is 258 g/mol. The lowest BCUT2D eigenvalue weighted by Crippen LogP contribution is -2.09. The zero-order chi connectivity index (χ0) is 11.9. The van der Waals surface area contributed by atoms with Crippen molar-refractivity contribution >= 4 is 22.6 Å². The van der Waals surface area contributed by atoms with Crippen LogP contribution < -0.4 is 5.32 Å². The van der Waals surface area contributed by atoms with Crippen molar-refractivity contribution in [1.29, 1.82) is 0 Å². The Morgan fingerprint density at radius 3 is 2.94 bits per heavy atom. The Hall–Kier alpha value is -0.960. The Morgan fingerprint density at radius 1 is 1.17 bits per heavy atom. The molecule has 1 unspecified atom stereocenters. The van der Waals surface area contributed by atoms with Gasteiger partial charge in [-0.1, -0.05) is 17.8 Å². The first kappa shape index (κ1) is 10.9. The van der Waals surface area contributed by atoms with E-state index in [9.17, 15) is 0 Å². The summed E-state index contributed by atoms with van der Waals surface area (Å²) in [6.07, 6.45) is 6.65. The van der Waals surface area contributed by atoms with Gasteiger partial charge in [0, 0.05) is 10.9 Å². The van der Waals surface area contributed by atoms with E-state index in [4.69, 9.17) is 0 Å². The van der Waals surface area contributed by atoms with E-state index in [1.165, 1.54) is 48.9 Å². The molecule has 2 aliphatic carbocycles. The minimum absolute atomic E-state index is 0.752. The summed E-state index contributed by atoms with van der Waals surface area (Å²) >= 11 is 1.95. The topological polar surface area (TPSA) is 24.4 Å². The first-order valence-corrected chi connectivity index (χ1v) is 7.86. The number of hydrogen-bond donors (Lipinski definition) is 1. The summed E-state index contributed by atoms with van der Waals surface area (Å²) in [5.41, 5.74) is 4.29. The van der Waals surface area contributed by atoms with Crippen LogP contribution in [0.15, 0.2) is 23.2 Å². The fraction of sp³-hybridized carbons (Fsp3) is 0.533. The molecule has 2 nitrogen and oxygen atoms in total. The fourth-order valence-corrected chi connectivity index (χ4v) is 4.17. The van der Waals surface area contributed by atoms with E-state index >= 15 is 0 Å². The molecule has 1 aromatic rings. The molecule has 3 aliphatic rings. The minimum atomic E-state index is 0.752. The predicted octanol–water partition coefficient (Wildman–Crippen LogP) is 3.47. The number of amidine groups is 1. The van der Waals surface area contributed by atoms with E-state index in [0.29, 0.717) is 0 Å². The highest BCUT2D eigenvalue weighted by Crippen LogP contribution is 2.42. The van der Waals surface area contributed by atoms with Gasteiger partial charge < -0.3 is 5.32 Å². The first-order valence-electron chi connectivity index (χ1n) is 6.98. The molecular formula is C15H18N2S. The van der Waals surface area contributed by atoms with Crippen molar-refractivity contribution in [3.63, 3.8) is 0 Å². The molecule has 1 heterocycles. The third-order valence-electron chi connectivity index (χ3n) is 4.18. The normalized spacial score (nSPS) is 26.0. The SMILES string of the molecule is c1cc2c(cc1NC1=NCC(C3CC3)S1)CCC2. The lowest BCUT2D eigenvalue weighted by molar-refractivity contribution is 0.773.